The van der Waals surface area contributed by atoms with Crippen molar-refractivity contribution in [3.63, 3.8) is 0 Å². The minimum absolute atomic E-state index is 0.279. The molecule has 0 aromatic carbocycles. The van der Waals surface area contributed by atoms with E-state index < -0.39 is 5.41 Å². The summed E-state index contributed by atoms with van der Waals surface area (Å²) in [6.07, 6.45) is 8.99. The van der Waals surface area contributed by atoms with Crippen LogP contribution < -0.4 is 15.4 Å². The summed E-state index contributed by atoms with van der Waals surface area (Å²) < 4.78 is 16.5. The van der Waals surface area contributed by atoms with E-state index in [9.17, 15) is 5.26 Å². The van der Waals surface area contributed by atoms with Gasteiger partial charge in [0.15, 0.2) is 5.82 Å². The van der Waals surface area contributed by atoms with Gasteiger partial charge >= 0.3 is 0 Å². The van der Waals surface area contributed by atoms with Crippen LogP contribution in [0.1, 0.15) is 45.4 Å². The van der Waals surface area contributed by atoms with E-state index in [4.69, 9.17) is 14.2 Å². The molecule has 188 valence electrons. The Labute approximate surface area is 206 Å². The lowest BCUT2D eigenvalue weighted by Gasteiger charge is -2.31. The quantitative estimate of drug-likeness (QED) is 0.523. The molecule has 3 heterocycles. The maximum absolute atomic E-state index is 9.64. The summed E-state index contributed by atoms with van der Waals surface area (Å²) in [6.45, 7) is 4.31. The van der Waals surface area contributed by atoms with Crippen LogP contribution in [0, 0.1) is 16.7 Å². The van der Waals surface area contributed by atoms with Gasteiger partial charge in [-0.25, -0.2) is 15.0 Å². The number of nitrogens with one attached hydrogen (secondary N) is 2. The second-order valence-corrected chi connectivity index (χ2v) is 9.49. The second-order valence-electron chi connectivity index (χ2n) is 9.49. The first-order valence-corrected chi connectivity index (χ1v) is 12.4. The second kappa shape index (κ2) is 12.2. The summed E-state index contributed by atoms with van der Waals surface area (Å²) >= 11 is 0. The minimum atomic E-state index is -0.536. The minimum Gasteiger partial charge on any atom is -0.476 e. The van der Waals surface area contributed by atoms with Crippen molar-refractivity contribution in [2.24, 2.45) is 5.41 Å². The first-order valence-electron chi connectivity index (χ1n) is 12.4. The van der Waals surface area contributed by atoms with E-state index in [-0.39, 0.29) is 6.61 Å². The SMILES string of the molecule is COCC(C)NC1CCC(Nc2nccc(-c3nccc(OCC4(C#N)CCOCC4)n3)n2)CC1. The predicted octanol–water partition coefficient (Wildman–Crippen LogP) is 2.98. The number of hydrogen-bond donors (Lipinski definition) is 2. The van der Waals surface area contributed by atoms with Crippen LogP contribution in [0.4, 0.5) is 5.95 Å². The zero-order valence-corrected chi connectivity index (χ0v) is 20.6. The molecule has 0 bridgehead atoms. The Hall–Kier alpha value is -2.87. The summed E-state index contributed by atoms with van der Waals surface area (Å²) in [4.78, 5) is 17.9. The molecule has 1 unspecified atom stereocenters. The summed E-state index contributed by atoms with van der Waals surface area (Å²) in [5.41, 5.74) is 0.0869. The van der Waals surface area contributed by atoms with Gasteiger partial charge in [-0.05, 0) is 51.5 Å². The van der Waals surface area contributed by atoms with Gasteiger partial charge in [-0.15, -0.1) is 0 Å². The molecule has 2 fully saturated rings. The van der Waals surface area contributed by atoms with Gasteiger partial charge in [0.25, 0.3) is 0 Å². The Kier molecular flexibility index (Phi) is 8.79. The van der Waals surface area contributed by atoms with Crippen molar-refractivity contribution < 1.29 is 14.2 Å². The van der Waals surface area contributed by atoms with E-state index >= 15 is 0 Å². The fourth-order valence-electron chi connectivity index (χ4n) is 4.65. The van der Waals surface area contributed by atoms with Crippen molar-refractivity contribution in [1.29, 1.82) is 5.26 Å². The van der Waals surface area contributed by atoms with E-state index in [0.717, 1.165) is 32.3 Å². The van der Waals surface area contributed by atoms with Gasteiger partial charge < -0.3 is 24.8 Å². The van der Waals surface area contributed by atoms with Gasteiger partial charge in [0.05, 0.1) is 18.1 Å². The highest BCUT2D eigenvalue weighted by atomic mass is 16.5. The van der Waals surface area contributed by atoms with Crippen LogP contribution in [-0.2, 0) is 9.47 Å². The van der Waals surface area contributed by atoms with Crippen molar-refractivity contribution in [3.05, 3.63) is 24.5 Å². The van der Waals surface area contributed by atoms with E-state index in [1.165, 1.54) is 0 Å². The standard InChI is InChI=1S/C25H35N7O3/c1-18(15-33-2)29-19-3-5-20(6-4-19)30-24-28-11-7-21(31-24)23-27-12-8-22(32-23)35-17-25(16-26)9-13-34-14-10-25/h7-8,11-12,18-20,29H,3-6,9-10,13-15,17H2,1-2H3,(H,28,30,31). The highest BCUT2D eigenvalue weighted by Crippen LogP contribution is 2.30. The molecule has 2 N–H and O–H groups in total. The Morgan fingerprint density at radius 1 is 1.11 bits per heavy atom. The zero-order chi connectivity index (χ0) is 24.5. The third-order valence-corrected chi connectivity index (χ3v) is 6.70. The zero-order valence-electron chi connectivity index (χ0n) is 20.6. The molecular formula is C25H35N7O3. The average Bonchev–Trinajstić information content (AvgIpc) is 2.90. The van der Waals surface area contributed by atoms with Gasteiger partial charge in [0.1, 0.15) is 12.3 Å². The molecule has 0 radical (unpaired) electrons. The number of aromatic nitrogens is 4. The Morgan fingerprint density at radius 2 is 1.86 bits per heavy atom. The van der Waals surface area contributed by atoms with Gasteiger partial charge in [0, 0.05) is 56.9 Å². The van der Waals surface area contributed by atoms with Crippen molar-refractivity contribution in [3.8, 4) is 23.5 Å². The molecule has 35 heavy (non-hydrogen) atoms. The molecule has 1 atom stereocenters. The fraction of sp³-hybridized carbons (Fsp3) is 0.640. The van der Waals surface area contributed by atoms with Crippen LogP contribution in [0.25, 0.3) is 11.5 Å². The lowest BCUT2D eigenvalue weighted by Crippen LogP contribution is -2.43. The number of rotatable bonds is 10. The summed E-state index contributed by atoms with van der Waals surface area (Å²) in [5, 5.41) is 16.8. The molecule has 0 spiro atoms. The molecule has 1 saturated heterocycles. The molecule has 2 aromatic rings. The van der Waals surface area contributed by atoms with Crippen LogP contribution in [-0.4, -0.2) is 71.6 Å². The molecule has 2 aromatic heterocycles. The Balaban J connectivity index is 1.33. The van der Waals surface area contributed by atoms with Gasteiger partial charge in [-0.3, -0.25) is 0 Å². The number of nitrogens with zero attached hydrogens (tertiary/aromatic N) is 5. The van der Waals surface area contributed by atoms with Crippen molar-refractivity contribution in [1.82, 2.24) is 25.3 Å². The molecule has 4 rings (SSSR count). The molecule has 10 heteroatoms. The van der Waals surface area contributed by atoms with Crippen molar-refractivity contribution in [2.75, 3.05) is 38.9 Å². The third kappa shape index (κ3) is 7.07. The number of methoxy groups -OCH3 is 1. The third-order valence-electron chi connectivity index (χ3n) is 6.70. The first kappa shape index (κ1) is 25.2. The van der Waals surface area contributed by atoms with Gasteiger partial charge in [-0.2, -0.15) is 10.2 Å². The van der Waals surface area contributed by atoms with Crippen LogP contribution in [0.3, 0.4) is 0 Å². The number of nitriles is 1. The lowest BCUT2D eigenvalue weighted by molar-refractivity contribution is 0.0183. The molecular weight excluding hydrogens is 446 g/mol. The summed E-state index contributed by atoms with van der Waals surface area (Å²) in [5.74, 6) is 1.47. The van der Waals surface area contributed by atoms with E-state index in [1.54, 1.807) is 31.6 Å². The lowest BCUT2D eigenvalue weighted by atomic mass is 9.83. The molecule has 1 aliphatic heterocycles. The Bertz CT molecular complexity index is 985. The Morgan fingerprint density at radius 3 is 2.60 bits per heavy atom. The van der Waals surface area contributed by atoms with Crippen LogP contribution in [0.5, 0.6) is 5.88 Å². The van der Waals surface area contributed by atoms with Gasteiger partial charge in [0.2, 0.25) is 11.8 Å². The van der Waals surface area contributed by atoms with Crippen LogP contribution in [0.15, 0.2) is 24.5 Å². The van der Waals surface area contributed by atoms with E-state index in [1.807, 2.05) is 0 Å². The topological polar surface area (TPSA) is 127 Å². The maximum Gasteiger partial charge on any atom is 0.223 e. The molecule has 2 aliphatic rings. The van der Waals surface area contributed by atoms with E-state index in [2.05, 4.69) is 43.6 Å². The number of anilines is 1. The normalized spacial score (nSPS) is 22.7. The van der Waals surface area contributed by atoms with Crippen LogP contribution in [0.2, 0.25) is 0 Å². The van der Waals surface area contributed by atoms with E-state index in [0.29, 0.717) is 67.5 Å². The first-order chi connectivity index (χ1) is 17.1. The average molecular weight is 482 g/mol. The summed E-state index contributed by atoms with van der Waals surface area (Å²) in [7, 11) is 1.73. The summed E-state index contributed by atoms with van der Waals surface area (Å²) in [6, 6.07) is 7.11. The fourth-order valence-corrected chi connectivity index (χ4v) is 4.65. The molecule has 1 saturated carbocycles. The number of ether oxygens (including phenoxy) is 3. The monoisotopic (exact) mass is 481 g/mol. The maximum atomic E-state index is 9.64. The van der Waals surface area contributed by atoms with Crippen molar-refractivity contribution in [2.45, 2.75) is 63.6 Å². The molecule has 10 nitrogen and oxygen atoms in total. The largest absolute Gasteiger partial charge is 0.476 e. The highest BCUT2D eigenvalue weighted by Gasteiger charge is 2.34. The smallest absolute Gasteiger partial charge is 0.223 e. The molecule has 0 amide bonds. The molecule has 1 aliphatic carbocycles. The highest BCUT2D eigenvalue weighted by molar-refractivity contribution is 5.51. The van der Waals surface area contributed by atoms with Crippen LogP contribution >= 0.6 is 0 Å². The van der Waals surface area contributed by atoms with Crippen molar-refractivity contribution >= 4 is 5.95 Å². The van der Waals surface area contributed by atoms with Gasteiger partial charge in [-0.1, -0.05) is 0 Å². The number of hydrogen-bond acceptors (Lipinski definition) is 10. The predicted molar refractivity (Wildman–Crippen MR) is 131 cm³/mol.